The van der Waals surface area contributed by atoms with E-state index >= 15 is 0 Å². The number of methoxy groups -OCH3 is 1. The molecule has 2 saturated heterocycles. The third kappa shape index (κ3) is 3.35. The number of carbonyl (C=O) groups excluding carboxylic acids is 3. The van der Waals surface area contributed by atoms with Gasteiger partial charge in [0.1, 0.15) is 11.8 Å². The molecular weight excluding hydrogens is 486 g/mol. The summed E-state index contributed by atoms with van der Waals surface area (Å²) in [6, 6.07) is 17.0. The Labute approximate surface area is 218 Å². The molecule has 2 amide bonds. The van der Waals surface area contributed by atoms with Crippen LogP contribution in [0, 0.1) is 28.9 Å². The predicted molar refractivity (Wildman–Crippen MR) is 138 cm³/mol. The van der Waals surface area contributed by atoms with E-state index < -0.39 is 40.7 Å². The van der Waals surface area contributed by atoms with E-state index in [0.29, 0.717) is 22.6 Å². The number of fused-ring (bicyclic) bond motifs is 5. The summed E-state index contributed by atoms with van der Waals surface area (Å²) >= 11 is 0. The number of non-ortho nitro benzene ring substituents is 1. The first kappa shape index (κ1) is 23.6. The normalized spacial score (nSPS) is 23.2. The molecule has 0 aliphatic carbocycles. The lowest BCUT2D eigenvalue weighted by Crippen LogP contribution is -2.44. The zero-order valence-electron chi connectivity index (χ0n) is 20.6. The maximum Gasteiger partial charge on any atom is 0.269 e. The number of Topliss-reactive ketones (excluding diaryl/α,β-unsaturated/α-hetero) is 1. The maximum absolute atomic E-state index is 14.0. The molecule has 0 radical (unpaired) electrons. The van der Waals surface area contributed by atoms with E-state index in [0.717, 1.165) is 16.0 Å². The number of nitro groups is 1. The minimum Gasteiger partial charge on any atom is -0.497 e. The van der Waals surface area contributed by atoms with Gasteiger partial charge in [0.25, 0.3) is 5.69 Å². The Bertz CT molecular complexity index is 1550. The van der Waals surface area contributed by atoms with Crippen molar-refractivity contribution in [1.82, 2.24) is 4.90 Å². The lowest BCUT2D eigenvalue weighted by atomic mass is 9.83. The third-order valence-electron chi connectivity index (χ3n) is 7.74. The minimum absolute atomic E-state index is 0.129. The van der Waals surface area contributed by atoms with Gasteiger partial charge in [-0.1, -0.05) is 24.3 Å². The van der Waals surface area contributed by atoms with Crippen LogP contribution in [-0.2, 0) is 9.59 Å². The van der Waals surface area contributed by atoms with Gasteiger partial charge in [0, 0.05) is 23.9 Å². The molecule has 0 bridgehead atoms. The quantitative estimate of drug-likeness (QED) is 0.218. The number of hydrogen-bond acceptors (Lipinski definition) is 7. The summed E-state index contributed by atoms with van der Waals surface area (Å²) in [6.07, 6.45) is 3.70. The molecule has 0 aromatic heterocycles. The number of nitrogens with zero attached hydrogens (tertiary/aromatic N) is 3. The number of nitro benzene ring substituents is 1. The van der Waals surface area contributed by atoms with Crippen LogP contribution in [0.15, 0.2) is 72.9 Å². The van der Waals surface area contributed by atoms with E-state index in [1.54, 1.807) is 37.4 Å². The molecule has 4 atom stereocenters. The van der Waals surface area contributed by atoms with Gasteiger partial charge in [0.05, 0.1) is 35.6 Å². The Morgan fingerprint density at radius 2 is 1.68 bits per heavy atom. The zero-order valence-corrected chi connectivity index (χ0v) is 20.6. The molecular formula is C29H23N3O6. The van der Waals surface area contributed by atoms with Crippen molar-refractivity contribution < 1.29 is 24.0 Å². The SMILES string of the molecule is COc1ccc(C(=O)[C@@H]2[C@@H]3C(=O)N(c4ccc([N+](=O)[O-])cc4C)C(=O)[C@@H]3[C@H]3c4ccccc4C=CN23)cc1. The van der Waals surface area contributed by atoms with E-state index in [2.05, 4.69) is 0 Å². The zero-order chi connectivity index (χ0) is 26.7. The summed E-state index contributed by atoms with van der Waals surface area (Å²) < 4.78 is 5.22. The predicted octanol–water partition coefficient (Wildman–Crippen LogP) is 4.31. The first-order valence-corrected chi connectivity index (χ1v) is 12.2. The molecule has 3 aliphatic heterocycles. The number of rotatable bonds is 5. The third-order valence-corrected chi connectivity index (χ3v) is 7.74. The van der Waals surface area contributed by atoms with E-state index in [4.69, 9.17) is 4.74 Å². The standard InChI is InChI=1S/C29H23N3O6/c1-16-15-19(32(36)37)9-12-22(16)31-28(34)23-24(29(31)35)26(27(33)18-7-10-20(38-2)11-8-18)30-14-13-17-5-3-4-6-21(17)25(23)30/h3-15,23-26H,1-2H3/t23-,24+,25+,26-/m0/s1. The number of imide groups is 1. The topological polar surface area (TPSA) is 110 Å². The molecule has 9 heteroatoms. The van der Waals surface area contributed by atoms with Crippen LogP contribution < -0.4 is 9.64 Å². The fraction of sp³-hybridized carbons (Fsp3) is 0.207. The fourth-order valence-corrected chi connectivity index (χ4v) is 6.02. The van der Waals surface area contributed by atoms with Gasteiger partial charge in [-0.25, -0.2) is 4.90 Å². The van der Waals surface area contributed by atoms with Gasteiger partial charge in [-0.15, -0.1) is 0 Å². The molecule has 3 aromatic rings. The Kier molecular flexibility index (Phi) is 5.37. The highest BCUT2D eigenvalue weighted by atomic mass is 16.6. The smallest absolute Gasteiger partial charge is 0.269 e. The number of anilines is 1. The Morgan fingerprint density at radius 3 is 2.37 bits per heavy atom. The summed E-state index contributed by atoms with van der Waals surface area (Å²) in [7, 11) is 1.54. The fourth-order valence-electron chi connectivity index (χ4n) is 6.02. The highest BCUT2D eigenvalue weighted by Gasteiger charge is 2.64. The van der Waals surface area contributed by atoms with Crippen LogP contribution in [0.25, 0.3) is 6.08 Å². The van der Waals surface area contributed by atoms with Gasteiger partial charge in [0.15, 0.2) is 5.78 Å². The molecule has 0 saturated carbocycles. The molecule has 38 heavy (non-hydrogen) atoms. The Morgan fingerprint density at radius 1 is 0.974 bits per heavy atom. The molecule has 2 fully saturated rings. The first-order chi connectivity index (χ1) is 18.3. The summed E-state index contributed by atoms with van der Waals surface area (Å²) in [4.78, 5) is 55.7. The van der Waals surface area contributed by atoms with Crippen molar-refractivity contribution in [1.29, 1.82) is 0 Å². The highest BCUT2D eigenvalue weighted by Crippen LogP contribution is 2.54. The summed E-state index contributed by atoms with van der Waals surface area (Å²) in [5, 5.41) is 11.2. The number of carbonyl (C=O) groups is 3. The van der Waals surface area contributed by atoms with E-state index in [9.17, 15) is 24.5 Å². The number of ketones is 1. The van der Waals surface area contributed by atoms with E-state index in [-0.39, 0.29) is 11.5 Å². The van der Waals surface area contributed by atoms with Gasteiger partial charge in [-0.3, -0.25) is 24.5 Å². The monoisotopic (exact) mass is 509 g/mol. The second kappa shape index (κ2) is 8.65. The largest absolute Gasteiger partial charge is 0.497 e. The average Bonchev–Trinajstić information content (AvgIpc) is 3.40. The van der Waals surface area contributed by atoms with Gasteiger partial charge in [-0.2, -0.15) is 0 Å². The number of ether oxygens (including phenoxy) is 1. The van der Waals surface area contributed by atoms with Crippen LogP contribution in [0.3, 0.4) is 0 Å². The molecule has 6 rings (SSSR count). The van der Waals surface area contributed by atoms with Crippen molar-refractivity contribution in [3.8, 4) is 5.75 Å². The Balaban J connectivity index is 1.47. The van der Waals surface area contributed by atoms with Gasteiger partial charge < -0.3 is 9.64 Å². The molecule has 0 spiro atoms. The molecule has 3 aliphatic rings. The first-order valence-electron chi connectivity index (χ1n) is 12.2. The van der Waals surface area contributed by atoms with Crippen molar-refractivity contribution >= 4 is 35.0 Å². The van der Waals surface area contributed by atoms with Crippen molar-refractivity contribution in [2.75, 3.05) is 12.0 Å². The summed E-state index contributed by atoms with van der Waals surface area (Å²) in [5.41, 5.74) is 2.80. The van der Waals surface area contributed by atoms with Crippen LogP contribution in [0.5, 0.6) is 5.75 Å². The molecule has 0 unspecified atom stereocenters. The van der Waals surface area contributed by atoms with Gasteiger partial charge >= 0.3 is 0 Å². The number of aryl methyl sites for hydroxylation is 1. The lowest BCUT2D eigenvalue weighted by Gasteiger charge is -2.35. The second-order valence-electron chi connectivity index (χ2n) is 9.67. The van der Waals surface area contributed by atoms with Crippen LogP contribution in [0.1, 0.15) is 33.1 Å². The van der Waals surface area contributed by atoms with Crippen LogP contribution in [0.4, 0.5) is 11.4 Å². The molecule has 3 heterocycles. The van der Waals surface area contributed by atoms with E-state index in [1.165, 1.54) is 25.3 Å². The van der Waals surface area contributed by atoms with Crippen molar-refractivity contribution in [3.63, 3.8) is 0 Å². The van der Waals surface area contributed by atoms with Gasteiger partial charge in [-0.05, 0) is 60.0 Å². The van der Waals surface area contributed by atoms with Gasteiger partial charge in [0.2, 0.25) is 11.8 Å². The van der Waals surface area contributed by atoms with Crippen LogP contribution in [0.2, 0.25) is 0 Å². The number of hydrogen-bond donors (Lipinski definition) is 0. The Hall–Kier alpha value is -4.79. The van der Waals surface area contributed by atoms with Crippen molar-refractivity contribution in [3.05, 3.63) is 105 Å². The van der Waals surface area contributed by atoms with E-state index in [1.807, 2.05) is 35.2 Å². The molecule has 190 valence electrons. The average molecular weight is 510 g/mol. The minimum atomic E-state index is -0.924. The number of benzene rings is 3. The van der Waals surface area contributed by atoms with Crippen molar-refractivity contribution in [2.45, 2.75) is 19.0 Å². The molecule has 0 N–H and O–H groups in total. The second-order valence-corrected chi connectivity index (χ2v) is 9.67. The van der Waals surface area contributed by atoms with Crippen LogP contribution in [-0.4, -0.2) is 40.6 Å². The van der Waals surface area contributed by atoms with Crippen LogP contribution >= 0.6 is 0 Å². The number of amides is 2. The van der Waals surface area contributed by atoms with Crippen molar-refractivity contribution in [2.24, 2.45) is 11.8 Å². The maximum atomic E-state index is 14.0. The highest BCUT2D eigenvalue weighted by molar-refractivity contribution is 6.25. The molecule has 9 nitrogen and oxygen atoms in total. The molecule has 3 aromatic carbocycles. The lowest BCUT2D eigenvalue weighted by molar-refractivity contribution is -0.384. The summed E-state index contributed by atoms with van der Waals surface area (Å²) in [6.45, 7) is 1.63. The summed E-state index contributed by atoms with van der Waals surface area (Å²) in [5.74, 6) is -2.28.